The van der Waals surface area contributed by atoms with Crippen LogP contribution in [0.3, 0.4) is 0 Å². The maximum atomic E-state index is 13.4. The highest BCUT2D eigenvalue weighted by Crippen LogP contribution is 2.42. The Bertz CT molecular complexity index is 1210. The Morgan fingerprint density at radius 1 is 0.789 bits per heavy atom. The van der Waals surface area contributed by atoms with Crippen molar-refractivity contribution >= 4 is 17.3 Å². The number of fused-ring (bicyclic) bond motifs is 1. The van der Waals surface area contributed by atoms with E-state index in [-0.39, 0.29) is 12.0 Å². The monoisotopic (exact) mass is 512 g/mol. The van der Waals surface area contributed by atoms with Gasteiger partial charge in [-0.1, -0.05) is 18.2 Å². The zero-order valence-corrected chi connectivity index (χ0v) is 21.8. The first-order valence-corrected chi connectivity index (χ1v) is 13.8. The third kappa shape index (κ3) is 5.11. The molecule has 6 rings (SSSR count). The number of anilines is 2. The van der Waals surface area contributed by atoms with Gasteiger partial charge in [0.25, 0.3) is 0 Å². The van der Waals surface area contributed by atoms with Crippen molar-refractivity contribution in [2.45, 2.75) is 51.2 Å². The summed E-state index contributed by atoms with van der Waals surface area (Å²) in [6, 6.07) is 16.5. The van der Waals surface area contributed by atoms with E-state index in [1.54, 1.807) is 6.20 Å². The van der Waals surface area contributed by atoms with E-state index >= 15 is 0 Å². The lowest BCUT2D eigenvalue weighted by atomic mass is 9.93. The first-order chi connectivity index (χ1) is 18.7. The van der Waals surface area contributed by atoms with E-state index in [0.717, 1.165) is 75.3 Å². The van der Waals surface area contributed by atoms with Gasteiger partial charge >= 0.3 is 0 Å². The fourth-order valence-corrected chi connectivity index (χ4v) is 6.27. The van der Waals surface area contributed by atoms with Crippen molar-refractivity contribution in [3.05, 3.63) is 84.4 Å². The Hall–Kier alpha value is -3.49. The van der Waals surface area contributed by atoms with Gasteiger partial charge in [-0.15, -0.1) is 0 Å². The molecule has 2 aromatic heterocycles. The molecule has 3 aliphatic rings. The average Bonchev–Trinajstić information content (AvgIpc) is 3.25. The Morgan fingerprint density at radius 3 is 2.24 bits per heavy atom. The number of hydrogen-bond acceptors (Lipinski definition) is 7. The van der Waals surface area contributed by atoms with E-state index < -0.39 is 6.35 Å². The molecule has 1 N–H and O–H groups in total. The summed E-state index contributed by atoms with van der Waals surface area (Å²) in [6.45, 7) is 4.92. The average molecular weight is 513 g/mol. The Morgan fingerprint density at radius 2 is 1.53 bits per heavy atom. The second-order valence-electron chi connectivity index (χ2n) is 10.7. The van der Waals surface area contributed by atoms with Gasteiger partial charge in [-0.3, -0.25) is 19.7 Å². The van der Waals surface area contributed by atoms with Crippen molar-refractivity contribution in [1.82, 2.24) is 19.8 Å². The maximum absolute atomic E-state index is 13.4. The van der Waals surface area contributed by atoms with Crippen LogP contribution in [0.5, 0.6) is 0 Å². The molecule has 0 radical (unpaired) electrons. The lowest BCUT2D eigenvalue weighted by Gasteiger charge is -2.41. The van der Waals surface area contributed by atoms with E-state index in [4.69, 9.17) is 0 Å². The first-order valence-electron chi connectivity index (χ1n) is 13.8. The summed E-state index contributed by atoms with van der Waals surface area (Å²) < 4.78 is 0. The molecular formula is C30H36N6O2. The highest BCUT2D eigenvalue weighted by Gasteiger charge is 2.40. The summed E-state index contributed by atoms with van der Waals surface area (Å²) in [4.78, 5) is 30.4. The number of benzene rings is 1. The highest BCUT2D eigenvalue weighted by molar-refractivity contribution is 5.80. The highest BCUT2D eigenvalue weighted by atomic mass is 16.3. The van der Waals surface area contributed by atoms with E-state index in [1.807, 2.05) is 47.8 Å². The molecule has 5 heterocycles. The molecule has 198 valence electrons. The van der Waals surface area contributed by atoms with Crippen molar-refractivity contribution in [1.29, 1.82) is 0 Å². The number of nitrogens with zero attached hydrogens (tertiary/aromatic N) is 6. The molecule has 8 nitrogen and oxygen atoms in total. The number of aromatic nitrogens is 2. The molecule has 1 unspecified atom stereocenters. The van der Waals surface area contributed by atoms with Crippen molar-refractivity contribution < 1.29 is 9.90 Å². The van der Waals surface area contributed by atoms with Crippen LogP contribution in [0.4, 0.5) is 11.4 Å². The number of pyridine rings is 2. The van der Waals surface area contributed by atoms with Crippen molar-refractivity contribution in [2.24, 2.45) is 5.92 Å². The molecule has 0 saturated carbocycles. The number of hydrogen-bond donors (Lipinski definition) is 1. The molecular weight excluding hydrogens is 476 g/mol. The third-order valence-electron chi connectivity index (χ3n) is 8.33. The predicted molar refractivity (Wildman–Crippen MR) is 147 cm³/mol. The van der Waals surface area contributed by atoms with Crippen LogP contribution in [0.2, 0.25) is 0 Å². The Kier molecular flexibility index (Phi) is 7.25. The van der Waals surface area contributed by atoms with Crippen molar-refractivity contribution in [3.8, 4) is 0 Å². The van der Waals surface area contributed by atoms with Crippen LogP contribution in [-0.2, 0) is 17.9 Å². The quantitative estimate of drug-likeness (QED) is 0.542. The van der Waals surface area contributed by atoms with E-state index in [1.165, 1.54) is 5.56 Å². The van der Waals surface area contributed by atoms with E-state index in [0.29, 0.717) is 12.5 Å². The van der Waals surface area contributed by atoms with Gasteiger partial charge in [-0.05, 0) is 80.2 Å². The van der Waals surface area contributed by atoms with E-state index in [9.17, 15) is 9.90 Å². The first kappa shape index (κ1) is 24.8. The maximum Gasteiger partial charge on any atom is 0.225 e. The van der Waals surface area contributed by atoms with Crippen LogP contribution >= 0.6 is 0 Å². The van der Waals surface area contributed by atoms with Crippen LogP contribution in [0, 0.1) is 5.92 Å². The number of rotatable bonds is 6. The van der Waals surface area contributed by atoms with Gasteiger partial charge in [-0.25, -0.2) is 0 Å². The molecule has 0 bridgehead atoms. The summed E-state index contributed by atoms with van der Waals surface area (Å²) in [5.41, 5.74) is 4.45. The number of amides is 1. The topological polar surface area (TPSA) is 76.0 Å². The molecule has 0 spiro atoms. The van der Waals surface area contributed by atoms with Crippen molar-refractivity contribution in [3.63, 3.8) is 0 Å². The minimum atomic E-state index is -0.732. The fourth-order valence-electron chi connectivity index (χ4n) is 6.27. The summed E-state index contributed by atoms with van der Waals surface area (Å²) in [6.07, 6.45) is 10.1. The van der Waals surface area contributed by atoms with Crippen LogP contribution in [0.15, 0.2) is 73.3 Å². The SMILES string of the molecule is O=C(C1CCN(Cc2ccncc2)CC1)N1CCC(N2c3ccccc3N(Cc3cccnc3)C2O)CC1. The van der Waals surface area contributed by atoms with E-state index in [2.05, 4.69) is 48.9 Å². The fraction of sp³-hybridized carbons (Fsp3) is 0.433. The minimum absolute atomic E-state index is 0.119. The van der Waals surface area contributed by atoms with Crippen LogP contribution in [0.1, 0.15) is 36.8 Å². The molecule has 0 aliphatic carbocycles. The van der Waals surface area contributed by atoms with Gasteiger partial charge in [-0.2, -0.15) is 0 Å². The molecule has 3 aromatic rings. The molecule has 38 heavy (non-hydrogen) atoms. The summed E-state index contributed by atoms with van der Waals surface area (Å²) in [5, 5.41) is 11.4. The van der Waals surface area contributed by atoms with Gasteiger partial charge < -0.3 is 19.8 Å². The normalized spacial score (nSPS) is 21.1. The predicted octanol–water partition coefficient (Wildman–Crippen LogP) is 3.48. The molecule has 2 fully saturated rings. The Balaban J connectivity index is 1.05. The molecule has 8 heteroatoms. The summed E-state index contributed by atoms with van der Waals surface area (Å²) in [5.74, 6) is 0.431. The van der Waals surface area contributed by atoms with Crippen molar-refractivity contribution in [2.75, 3.05) is 36.0 Å². The van der Waals surface area contributed by atoms with Gasteiger partial charge in [0.15, 0.2) is 0 Å². The summed E-state index contributed by atoms with van der Waals surface area (Å²) >= 11 is 0. The number of piperidine rings is 2. The van der Waals surface area contributed by atoms with Crippen LogP contribution < -0.4 is 9.80 Å². The minimum Gasteiger partial charge on any atom is -0.356 e. The second-order valence-corrected chi connectivity index (χ2v) is 10.7. The standard InChI is InChI=1S/C30H36N6O2/c37-29(25-9-16-33(17-10-25)21-23-7-14-31-15-8-23)34-18-11-26(12-19-34)36-28-6-2-1-5-27(28)35(30(36)38)22-24-4-3-13-32-20-24/h1-8,13-15,20,25-26,30,38H,9-12,16-19,21-22H2. The lowest BCUT2D eigenvalue weighted by molar-refractivity contribution is -0.138. The molecule has 2 saturated heterocycles. The number of para-hydroxylation sites is 2. The van der Waals surface area contributed by atoms with Gasteiger partial charge in [0.1, 0.15) is 0 Å². The number of aliphatic hydroxyl groups is 1. The third-order valence-corrected chi connectivity index (χ3v) is 8.33. The van der Waals surface area contributed by atoms with Gasteiger partial charge in [0.2, 0.25) is 12.3 Å². The smallest absolute Gasteiger partial charge is 0.225 e. The number of carbonyl (C=O) groups is 1. The van der Waals surface area contributed by atoms with Gasteiger partial charge in [0.05, 0.1) is 11.4 Å². The molecule has 3 aliphatic heterocycles. The number of likely N-dealkylation sites (tertiary alicyclic amines) is 2. The molecule has 1 aromatic carbocycles. The number of aliphatic hydroxyl groups excluding tert-OH is 1. The zero-order chi connectivity index (χ0) is 25.9. The van der Waals surface area contributed by atoms with Crippen LogP contribution in [-0.4, -0.2) is 69.4 Å². The number of carbonyl (C=O) groups excluding carboxylic acids is 1. The molecule has 1 atom stereocenters. The second kappa shape index (κ2) is 11.1. The largest absolute Gasteiger partial charge is 0.356 e. The Labute approximate surface area is 224 Å². The van der Waals surface area contributed by atoms with Gasteiger partial charge in [0, 0.05) is 62.9 Å². The lowest BCUT2D eigenvalue weighted by Crippen LogP contribution is -2.53. The van der Waals surface area contributed by atoms with Crippen LogP contribution in [0.25, 0.3) is 0 Å². The summed E-state index contributed by atoms with van der Waals surface area (Å²) in [7, 11) is 0. The molecule has 1 amide bonds. The zero-order valence-electron chi connectivity index (χ0n) is 21.8.